The monoisotopic (exact) mass is 396 g/mol. The van der Waals surface area contributed by atoms with Gasteiger partial charge in [-0.2, -0.15) is 5.10 Å². The largest absolute Gasteiger partial charge is 0.491 e. The van der Waals surface area contributed by atoms with E-state index < -0.39 is 32.5 Å². The van der Waals surface area contributed by atoms with E-state index in [1.54, 1.807) is 13.1 Å². The van der Waals surface area contributed by atoms with Gasteiger partial charge in [-0.25, -0.2) is 5.01 Å². The maximum atomic E-state index is 8.20. The summed E-state index contributed by atoms with van der Waals surface area (Å²) in [5.41, 5.74) is 2.97. The van der Waals surface area contributed by atoms with Crippen LogP contribution in [0.4, 0.5) is 0 Å². The molecule has 0 unspecified atom stereocenters. The smallest absolute Gasteiger partial charge is 0.214 e. The fourth-order valence-corrected chi connectivity index (χ4v) is 2.69. The molecule has 0 fully saturated rings. The number of guanidine groups is 1. The van der Waals surface area contributed by atoms with Crippen LogP contribution in [0.25, 0.3) is 10.9 Å². The van der Waals surface area contributed by atoms with E-state index in [9.17, 15) is 0 Å². The lowest BCUT2D eigenvalue weighted by atomic mass is 10.1. The van der Waals surface area contributed by atoms with Crippen molar-refractivity contribution in [3.63, 3.8) is 0 Å². The number of nitrogens with zero attached hydrogens (tertiary/aromatic N) is 3. The number of fused-ring (bicyclic) bond motifs is 1. The molecule has 0 spiro atoms. The van der Waals surface area contributed by atoms with E-state index >= 15 is 0 Å². The molecule has 1 heterocycles. The average Bonchev–Trinajstić information content (AvgIpc) is 3.18. The molecule has 0 amide bonds. The molecular weight excluding hydrogens is 350 g/mol. The number of H-pyrrole nitrogens is 1. The number of benzene rings is 1. The Bertz CT molecular complexity index is 1250. The van der Waals surface area contributed by atoms with Gasteiger partial charge in [0, 0.05) is 55.6 Å². The summed E-state index contributed by atoms with van der Waals surface area (Å²) < 4.78 is 92.0. The van der Waals surface area contributed by atoms with E-state index in [4.69, 9.17) is 19.8 Å². The molecule has 0 aliphatic rings. The highest BCUT2D eigenvalue weighted by atomic mass is 16.5. The van der Waals surface area contributed by atoms with Gasteiger partial charge in [0.1, 0.15) is 5.75 Å². The van der Waals surface area contributed by atoms with Crippen LogP contribution in [0.3, 0.4) is 0 Å². The third-order valence-corrected chi connectivity index (χ3v) is 3.90. The molecule has 0 radical (unpaired) electrons. The summed E-state index contributed by atoms with van der Waals surface area (Å²) in [5.74, 6) is 0.395. The molecule has 2 rings (SSSR count). The van der Waals surface area contributed by atoms with Crippen molar-refractivity contribution in [2.45, 2.75) is 59.8 Å². The molecule has 6 heteroatoms. The lowest BCUT2D eigenvalue weighted by molar-refractivity contribution is 0.241. The fourth-order valence-electron chi connectivity index (χ4n) is 2.69. The van der Waals surface area contributed by atoms with E-state index in [0.717, 1.165) is 21.5 Å². The Morgan fingerprint density at radius 3 is 2.86 bits per heavy atom. The number of aryl methyl sites for hydroxylation is 1. The van der Waals surface area contributed by atoms with Gasteiger partial charge in [-0.05, 0) is 51.8 Å². The van der Waals surface area contributed by atoms with Crippen LogP contribution in [0.1, 0.15) is 72.9 Å². The van der Waals surface area contributed by atoms with Crippen molar-refractivity contribution in [1.82, 2.24) is 15.3 Å². The van der Waals surface area contributed by atoms with Crippen molar-refractivity contribution in [3.05, 3.63) is 29.5 Å². The average molecular weight is 397 g/mol. The number of hydrogen-bond donors (Lipinski definition) is 2. The van der Waals surface area contributed by atoms with Gasteiger partial charge in [-0.3, -0.25) is 4.99 Å². The zero-order chi connectivity index (χ0) is 30.4. The lowest BCUT2D eigenvalue weighted by Crippen LogP contribution is -2.34. The molecule has 0 atom stereocenters. The molecule has 6 nitrogen and oxygen atoms in total. The van der Waals surface area contributed by atoms with Crippen LogP contribution in [-0.2, 0) is 0 Å². The second-order valence-electron chi connectivity index (χ2n) is 6.41. The molecule has 28 heavy (non-hydrogen) atoms. The first-order chi connectivity index (χ1) is 17.5. The summed E-state index contributed by atoms with van der Waals surface area (Å²) in [6, 6.07) is 3.83. The number of rotatable bonds is 8. The summed E-state index contributed by atoms with van der Waals surface area (Å²) in [6.07, 6.45) is -9.52. The Morgan fingerprint density at radius 1 is 1.39 bits per heavy atom. The fraction of sp³-hybridized carbons (Fsp3) is 0.545. The van der Waals surface area contributed by atoms with Crippen LogP contribution in [0, 0.1) is 6.92 Å². The molecule has 154 valence electrons. The minimum Gasteiger partial charge on any atom is -0.491 e. The standard InChI is InChI=1S/C22H35N5O/c1-8-9-10-11-24-22(23-6)27(7)26-17(5)19-14-25-20-12-16(4)21(13-18(19)20)28-15(2)3/h12-15,25H,8-11H2,1-7H3,(H,23,24)/b26-17+/i1D3,8D2,9D2,10D2,11D2. The van der Waals surface area contributed by atoms with Crippen molar-refractivity contribution in [2.24, 2.45) is 10.1 Å². The number of aliphatic imine (C=N–C) groups is 1. The maximum absolute atomic E-state index is 8.20. The van der Waals surface area contributed by atoms with Gasteiger partial charge in [0.25, 0.3) is 0 Å². The molecule has 0 aliphatic carbocycles. The number of hydrazone groups is 1. The van der Waals surface area contributed by atoms with Gasteiger partial charge in [0.05, 0.1) is 14.6 Å². The van der Waals surface area contributed by atoms with Gasteiger partial charge >= 0.3 is 0 Å². The van der Waals surface area contributed by atoms with Crippen molar-refractivity contribution in [2.75, 3.05) is 20.6 Å². The molecule has 0 saturated heterocycles. The van der Waals surface area contributed by atoms with E-state index in [1.807, 2.05) is 32.9 Å². The number of ether oxygens (including phenoxy) is 1. The van der Waals surface area contributed by atoms with Crippen LogP contribution < -0.4 is 10.1 Å². The van der Waals surface area contributed by atoms with Gasteiger partial charge in [0.2, 0.25) is 5.96 Å². The summed E-state index contributed by atoms with van der Waals surface area (Å²) in [7, 11) is 2.78. The first-order valence-electron chi connectivity index (χ1n) is 14.4. The minimum absolute atomic E-state index is 0.0313. The Hall–Kier alpha value is -2.50. The van der Waals surface area contributed by atoms with E-state index in [2.05, 4.69) is 20.4 Å². The second kappa shape index (κ2) is 10.2. The Morgan fingerprint density at radius 2 is 2.18 bits per heavy atom. The Labute approximate surface area is 184 Å². The zero-order valence-electron chi connectivity index (χ0n) is 28.1. The highest BCUT2D eigenvalue weighted by Crippen LogP contribution is 2.28. The van der Waals surface area contributed by atoms with Gasteiger partial charge in [-0.15, -0.1) is 0 Å². The molecule has 2 N–H and O–H groups in total. The van der Waals surface area contributed by atoms with Gasteiger partial charge < -0.3 is 15.0 Å². The minimum atomic E-state index is -3.80. The van der Waals surface area contributed by atoms with Crippen LogP contribution >= 0.6 is 0 Å². The van der Waals surface area contributed by atoms with Crippen LogP contribution in [0.15, 0.2) is 28.4 Å². The Kier molecular flexibility index (Phi) is 3.95. The molecule has 1 aromatic carbocycles. The quantitative estimate of drug-likeness (QED) is 0.387. The first kappa shape index (κ1) is 10.9. The van der Waals surface area contributed by atoms with Crippen molar-refractivity contribution >= 4 is 22.6 Å². The molecule has 1 aromatic heterocycles. The summed E-state index contributed by atoms with van der Waals surface area (Å²) in [5, 5.41) is 8.94. The van der Waals surface area contributed by atoms with Crippen molar-refractivity contribution < 1.29 is 19.8 Å². The number of hydrogen-bond acceptors (Lipinski definition) is 3. The third-order valence-electron chi connectivity index (χ3n) is 3.90. The highest BCUT2D eigenvalue weighted by Gasteiger charge is 2.12. The molecular formula is C22H35N5O. The normalized spacial score (nSPS) is 21.0. The molecule has 0 bridgehead atoms. The summed E-state index contributed by atoms with van der Waals surface area (Å²) in [6.45, 7) is 0.503. The topological polar surface area (TPSA) is 65.0 Å². The van der Waals surface area contributed by atoms with E-state index in [0.29, 0.717) is 17.0 Å². The van der Waals surface area contributed by atoms with E-state index in [-0.39, 0.29) is 12.1 Å². The van der Waals surface area contributed by atoms with Gasteiger partial charge in [-0.1, -0.05) is 19.6 Å². The second-order valence-corrected chi connectivity index (χ2v) is 6.41. The SMILES string of the molecule is [2H]C([2H])([2H])C([2H])([2H])C([2H])([2H])C([2H])([2H])C([2H])([2H])N=C(NC)N(C)/N=C(\C)c1c[nH]c2cc(C)c(OC(C)C)cc12. The third kappa shape index (κ3) is 5.50. The number of nitrogens with one attached hydrogen (secondary N) is 2. The van der Waals surface area contributed by atoms with Crippen LogP contribution in [0.2, 0.25) is 0 Å². The number of aromatic amines is 1. The summed E-state index contributed by atoms with van der Waals surface area (Å²) in [4.78, 5) is 6.85. The predicted molar refractivity (Wildman–Crippen MR) is 120 cm³/mol. The van der Waals surface area contributed by atoms with Crippen molar-refractivity contribution in [3.8, 4) is 5.75 Å². The van der Waals surface area contributed by atoms with Crippen LogP contribution in [0.5, 0.6) is 5.75 Å². The highest BCUT2D eigenvalue weighted by molar-refractivity contribution is 6.10. The van der Waals surface area contributed by atoms with E-state index in [1.165, 1.54) is 14.1 Å². The van der Waals surface area contributed by atoms with Crippen molar-refractivity contribution in [1.29, 1.82) is 0 Å². The molecule has 2 aromatic rings. The Balaban J connectivity index is 2.50. The summed E-state index contributed by atoms with van der Waals surface area (Å²) >= 11 is 0. The first-order valence-corrected chi connectivity index (χ1v) is 8.87. The lowest BCUT2D eigenvalue weighted by Gasteiger charge is -2.17. The predicted octanol–water partition coefficient (Wildman–Crippen LogP) is 4.68. The molecule has 0 aliphatic heterocycles. The van der Waals surface area contributed by atoms with Crippen LogP contribution in [-0.4, -0.2) is 48.4 Å². The van der Waals surface area contributed by atoms with Gasteiger partial charge in [0.15, 0.2) is 0 Å². The zero-order valence-corrected chi connectivity index (χ0v) is 17.1. The molecule has 0 saturated carbocycles. The maximum Gasteiger partial charge on any atom is 0.214 e. The number of aromatic nitrogens is 1.